The summed E-state index contributed by atoms with van der Waals surface area (Å²) in [6.07, 6.45) is 7.61. The Morgan fingerprint density at radius 1 is 1.67 bits per heavy atom. The van der Waals surface area contributed by atoms with Gasteiger partial charge >= 0.3 is 0 Å². The fourth-order valence-electron chi connectivity index (χ4n) is 0.429. The lowest BCUT2D eigenvalue weighted by Gasteiger charge is -1.69. The molecule has 32 valence electrons. The summed E-state index contributed by atoms with van der Waals surface area (Å²) in [5.41, 5.74) is 0. The van der Waals surface area contributed by atoms with Gasteiger partial charge in [-0.25, -0.2) is 0 Å². The Kier molecular flexibility index (Phi) is 1.29. The molecule has 0 saturated carbocycles. The first kappa shape index (κ1) is 4.37. The highest BCUT2D eigenvalue weighted by atomic mass is 127. The zero-order valence-corrected chi connectivity index (χ0v) is 5.47. The first-order chi connectivity index (χ1) is 2.89. The lowest BCUT2D eigenvalue weighted by molar-refractivity contribution is 1.45. The zero-order valence-electron chi connectivity index (χ0n) is 3.32. The molecule has 1 aliphatic rings. The molecular formula is C5H5I. The van der Waals surface area contributed by atoms with Crippen LogP contribution in [0.2, 0.25) is 0 Å². The number of hydrogen-bond donors (Lipinski definition) is 0. The van der Waals surface area contributed by atoms with Gasteiger partial charge < -0.3 is 0 Å². The van der Waals surface area contributed by atoms with Gasteiger partial charge in [-0.15, -0.1) is 0 Å². The summed E-state index contributed by atoms with van der Waals surface area (Å²) in [6, 6.07) is 0. The first-order valence-electron chi connectivity index (χ1n) is 1.92. The number of allylic oxidation sites excluding steroid dienone is 4. The largest absolute Gasteiger partial charge is 0.0797 e. The van der Waals surface area contributed by atoms with E-state index in [-0.39, 0.29) is 0 Å². The highest BCUT2D eigenvalue weighted by Crippen LogP contribution is 2.14. The topological polar surface area (TPSA) is 0 Å². The summed E-state index contributed by atoms with van der Waals surface area (Å²) in [6.45, 7) is 0. The predicted molar refractivity (Wildman–Crippen MR) is 35.9 cm³/mol. The third-order valence-corrected chi connectivity index (χ3v) is 1.53. The molecule has 0 aliphatic heterocycles. The van der Waals surface area contributed by atoms with Gasteiger partial charge in [0.15, 0.2) is 0 Å². The van der Waals surface area contributed by atoms with Gasteiger partial charge in [0.2, 0.25) is 0 Å². The first-order valence-corrected chi connectivity index (χ1v) is 2.99. The standard InChI is InChI=1S/C5H5I/c6-5-3-1-2-4-5/h1,3-4H,2H2. The van der Waals surface area contributed by atoms with Gasteiger partial charge in [0.25, 0.3) is 0 Å². The van der Waals surface area contributed by atoms with Crippen LogP contribution in [0.5, 0.6) is 0 Å². The van der Waals surface area contributed by atoms with E-state index in [0.29, 0.717) is 0 Å². The van der Waals surface area contributed by atoms with Crippen LogP contribution in [-0.2, 0) is 0 Å². The van der Waals surface area contributed by atoms with Crippen LogP contribution in [-0.4, -0.2) is 0 Å². The molecule has 0 spiro atoms. The Balaban J connectivity index is 2.68. The molecular weight excluding hydrogens is 187 g/mol. The molecule has 0 aromatic rings. The van der Waals surface area contributed by atoms with Crippen LogP contribution in [0.25, 0.3) is 0 Å². The minimum atomic E-state index is 1.14. The third-order valence-electron chi connectivity index (χ3n) is 0.726. The molecule has 1 heteroatoms. The second-order valence-electron chi connectivity index (χ2n) is 1.23. The van der Waals surface area contributed by atoms with E-state index < -0.39 is 0 Å². The maximum atomic E-state index is 2.31. The van der Waals surface area contributed by atoms with E-state index in [1.807, 2.05) is 0 Å². The quantitative estimate of drug-likeness (QED) is 0.516. The van der Waals surface area contributed by atoms with Gasteiger partial charge in [-0.2, -0.15) is 0 Å². The molecule has 0 nitrogen and oxygen atoms in total. The van der Waals surface area contributed by atoms with E-state index in [4.69, 9.17) is 0 Å². The average Bonchev–Trinajstić information content (AvgIpc) is 1.86. The molecule has 0 aromatic carbocycles. The van der Waals surface area contributed by atoms with Gasteiger partial charge in [-0.05, 0) is 29.0 Å². The normalized spacial score (nSPS) is 18.5. The van der Waals surface area contributed by atoms with Crippen molar-refractivity contribution in [2.75, 3.05) is 0 Å². The Labute approximate surface area is 51.1 Å². The Morgan fingerprint density at radius 3 is 2.67 bits per heavy atom. The third kappa shape index (κ3) is 0.834. The molecule has 0 atom stereocenters. The molecule has 0 aromatic heterocycles. The van der Waals surface area contributed by atoms with Crippen molar-refractivity contribution in [1.82, 2.24) is 0 Å². The minimum absolute atomic E-state index is 1.14. The van der Waals surface area contributed by atoms with Crippen LogP contribution in [0, 0.1) is 0 Å². The number of halogens is 1. The SMILES string of the molecule is IC1=CCC=C1. The molecule has 1 aliphatic carbocycles. The van der Waals surface area contributed by atoms with Crippen molar-refractivity contribution in [3.8, 4) is 0 Å². The van der Waals surface area contributed by atoms with E-state index >= 15 is 0 Å². The number of hydrogen-bond acceptors (Lipinski definition) is 0. The maximum absolute atomic E-state index is 2.31. The van der Waals surface area contributed by atoms with Gasteiger partial charge in [-0.3, -0.25) is 0 Å². The Hall–Kier alpha value is 0.210. The molecule has 0 amide bonds. The fourth-order valence-corrected chi connectivity index (χ4v) is 0.938. The lowest BCUT2D eigenvalue weighted by Crippen LogP contribution is -1.43. The van der Waals surface area contributed by atoms with Crippen LogP contribution in [0.1, 0.15) is 6.42 Å². The van der Waals surface area contributed by atoms with Crippen molar-refractivity contribution in [3.63, 3.8) is 0 Å². The Morgan fingerprint density at radius 2 is 2.50 bits per heavy atom. The fraction of sp³-hybridized carbons (Fsp3) is 0.200. The molecule has 0 radical (unpaired) electrons. The van der Waals surface area contributed by atoms with Gasteiger partial charge in [0, 0.05) is 3.58 Å². The monoisotopic (exact) mass is 192 g/mol. The van der Waals surface area contributed by atoms with Crippen LogP contribution >= 0.6 is 22.6 Å². The molecule has 0 bridgehead atoms. The van der Waals surface area contributed by atoms with Crippen molar-refractivity contribution < 1.29 is 0 Å². The Bertz CT molecular complexity index is 97.8. The molecule has 0 fully saturated rings. The minimum Gasteiger partial charge on any atom is -0.0797 e. The van der Waals surface area contributed by atoms with Gasteiger partial charge in [0.05, 0.1) is 0 Å². The molecule has 6 heavy (non-hydrogen) atoms. The van der Waals surface area contributed by atoms with E-state index in [1.54, 1.807) is 0 Å². The van der Waals surface area contributed by atoms with Crippen molar-refractivity contribution >= 4 is 22.6 Å². The highest BCUT2D eigenvalue weighted by Gasteiger charge is 1.86. The summed E-state index contributed by atoms with van der Waals surface area (Å²) < 4.78 is 1.37. The lowest BCUT2D eigenvalue weighted by atomic mass is 10.5. The zero-order chi connectivity index (χ0) is 4.41. The molecule has 0 heterocycles. The smallest absolute Gasteiger partial charge is 0.00900 e. The second-order valence-corrected chi connectivity index (χ2v) is 2.47. The van der Waals surface area contributed by atoms with E-state index in [0.717, 1.165) is 6.42 Å². The van der Waals surface area contributed by atoms with Crippen LogP contribution in [0.3, 0.4) is 0 Å². The van der Waals surface area contributed by atoms with Crippen molar-refractivity contribution in [2.45, 2.75) is 6.42 Å². The summed E-state index contributed by atoms with van der Waals surface area (Å²) >= 11 is 2.31. The van der Waals surface area contributed by atoms with E-state index in [2.05, 4.69) is 40.8 Å². The number of rotatable bonds is 0. The summed E-state index contributed by atoms with van der Waals surface area (Å²) in [5, 5.41) is 0. The van der Waals surface area contributed by atoms with E-state index in [1.165, 1.54) is 3.58 Å². The molecule has 0 unspecified atom stereocenters. The second kappa shape index (κ2) is 1.78. The molecule has 0 saturated heterocycles. The van der Waals surface area contributed by atoms with Crippen LogP contribution < -0.4 is 0 Å². The summed E-state index contributed by atoms with van der Waals surface area (Å²) in [4.78, 5) is 0. The van der Waals surface area contributed by atoms with Gasteiger partial charge in [-0.1, -0.05) is 18.2 Å². The predicted octanol–water partition coefficient (Wildman–Crippen LogP) is 2.27. The van der Waals surface area contributed by atoms with Crippen LogP contribution in [0.15, 0.2) is 21.8 Å². The van der Waals surface area contributed by atoms with Crippen molar-refractivity contribution in [2.24, 2.45) is 0 Å². The van der Waals surface area contributed by atoms with Crippen molar-refractivity contribution in [3.05, 3.63) is 21.8 Å². The van der Waals surface area contributed by atoms with Gasteiger partial charge in [0.1, 0.15) is 0 Å². The maximum Gasteiger partial charge on any atom is 0.00900 e. The van der Waals surface area contributed by atoms with E-state index in [9.17, 15) is 0 Å². The average molecular weight is 192 g/mol. The molecule has 0 N–H and O–H groups in total. The summed E-state index contributed by atoms with van der Waals surface area (Å²) in [5.74, 6) is 0. The van der Waals surface area contributed by atoms with Crippen LogP contribution in [0.4, 0.5) is 0 Å². The summed E-state index contributed by atoms with van der Waals surface area (Å²) in [7, 11) is 0. The molecule has 1 rings (SSSR count). The highest BCUT2D eigenvalue weighted by molar-refractivity contribution is 14.1. The van der Waals surface area contributed by atoms with Crippen molar-refractivity contribution in [1.29, 1.82) is 0 Å².